The predicted molar refractivity (Wildman–Crippen MR) is 96.3 cm³/mol. The summed E-state index contributed by atoms with van der Waals surface area (Å²) in [4.78, 5) is 40.6. The summed E-state index contributed by atoms with van der Waals surface area (Å²) >= 11 is 0. The van der Waals surface area contributed by atoms with Crippen molar-refractivity contribution in [1.29, 1.82) is 0 Å². The minimum Gasteiger partial charge on any atom is -0.484 e. The van der Waals surface area contributed by atoms with Crippen LogP contribution in [0.5, 0.6) is 5.75 Å². The molecule has 3 aromatic rings. The number of rotatable bonds is 4. The quantitative estimate of drug-likeness (QED) is 0.662. The van der Waals surface area contributed by atoms with Gasteiger partial charge in [0.05, 0.1) is 5.56 Å². The Morgan fingerprint density at radius 1 is 1.26 bits per heavy atom. The van der Waals surface area contributed by atoms with E-state index in [-0.39, 0.29) is 29.0 Å². The van der Waals surface area contributed by atoms with E-state index in [0.29, 0.717) is 5.75 Å². The highest BCUT2D eigenvalue weighted by atomic mass is 16.5. The molecule has 0 radical (unpaired) electrons. The summed E-state index contributed by atoms with van der Waals surface area (Å²) in [5.74, 6) is -0.465. The molecule has 0 aliphatic rings. The fraction of sp³-hybridized carbons (Fsp3) is 0.222. The number of benzene rings is 1. The van der Waals surface area contributed by atoms with Gasteiger partial charge in [0.15, 0.2) is 6.61 Å². The van der Waals surface area contributed by atoms with Crippen molar-refractivity contribution >= 4 is 22.9 Å². The largest absolute Gasteiger partial charge is 0.484 e. The number of carbonyl (C=O) groups excluding carboxylic acids is 2. The molecule has 0 unspecified atom stereocenters. The summed E-state index contributed by atoms with van der Waals surface area (Å²) in [5.41, 5.74) is 5.17. The number of hydrogen-bond donors (Lipinski definition) is 2. The molecule has 0 aliphatic heterocycles. The van der Waals surface area contributed by atoms with Crippen molar-refractivity contribution in [3.8, 4) is 5.75 Å². The number of nitrogens with one attached hydrogen (secondary N) is 2. The number of hydrazine groups is 1. The molecule has 0 atom stereocenters. The first-order valence-electron chi connectivity index (χ1n) is 8.10. The third-order valence-corrected chi connectivity index (χ3v) is 3.85. The molecule has 9 heteroatoms. The monoisotopic (exact) mass is 370 g/mol. The molecule has 0 bridgehead atoms. The van der Waals surface area contributed by atoms with E-state index >= 15 is 0 Å². The van der Waals surface area contributed by atoms with Crippen LogP contribution in [0.1, 0.15) is 21.7 Å². The first-order valence-corrected chi connectivity index (χ1v) is 8.10. The summed E-state index contributed by atoms with van der Waals surface area (Å²) < 4.78 is 12.0. The van der Waals surface area contributed by atoms with E-state index in [1.54, 1.807) is 19.1 Å². The average Bonchev–Trinajstić information content (AvgIpc) is 2.98. The number of nitrogens with zero attached hydrogens (tertiary/aromatic N) is 2. The van der Waals surface area contributed by atoms with Crippen molar-refractivity contribution in [3.63, 3.8) is 0 Å². The lowest BCUT2D eigenvalue weighted by molar-refractivity contribution is -0.123. The van der Waals surface area contributed by atoms with Gasteiger partial charge in [0, 0.05) is 7.05 Å². The lowest BCUT2D eigenvalue weighted by Gasteiger charge is -2.09. The van der Waals surface area contributed by atoms with E-state index < -0.39 is 17.4 Å². The van der Waals surface area contributed by atoms with Gasteiger partial charge >= 0.3 is 0 Å². The fourth-order valence-electron chi connectivity index (χ4n) is 2.54. The first-order chi connectivity index (χ1) is 12.9. The van der Waals surface area contributed by atoms with Crippen molar-refractivity contribution in [2.24, 2.45) is 7.05 Å². The van der Waals surface area contributed by atoms with Crippen molar-refractivity contribution in [1.82, 2.24) is 20.4 Å². The van der Waals surface area contributed by atoms with Gasteiger partial charge in [-0.1, -0.05) is 12.1 Å². The number of furan rings is 1. The van der Waals surface area contributed by atoms with Gasteiger partial charge in [0.1, 0.15) is 23.2 Å². The summed E-state index contributed by atoms with van der Waals surface area (Å²) in [7, 11) is 1.52. The number of fused-ring (bicyclic) bond motifs is 1. The van der Waals surface area contributed by atoms with Crippen LogP contribution in [0.3, 0.4) is 0 Å². The van der Waals surface area contributed by atoms with Crippen molar-refractivity contribution in [2.75, 3.05) is 6.61 Å². The van der Waals surface area contributed by atoms with Gasteiger partial charge in [-0.3, -0.25) is 25.2 Å². The molecule has 0 spiro atoms. The minimum atomic E-state index is -0.680. The van der Waals surface area contributed by atoms with E-state index in [1.807, 2.05) is 19.1 Å². The van der Waals surface area contributed by atoms with E-state index in [2.05, 4.69) is 15.8 Å². The lowest BCUT2D eigenvalue weighted by Crippen LogP contribution is -2.44. The van der Waals surface area contributed by atoms with Crippen LogP contribution in [0.2, 0.25) is 0 Å². The summed E-state index contributed by atoms with van der Waals surface area (Å²) in [6.07, 6.45) is 1.31. The Balaban J connectivity index is 1.67. The zero-order valence-corrected chi connectivity index (χ0v) is 15.0. The molecule has 0 saturated heterocycles. The van der Waals surface area contributed by atoms with E-state index in [4.69, 9.17) is 9.15 Å². The molecule has 2 amide bonds. The number of aryl methyl sites for hydroxylation is 3. The molecule has 140 valence electrons. The molecule has 0 saturated carbocycles. The Bertz CT molecular complexity index is 1080. The molecule has 2 N–H and O–H groups in total. The van der Waals surface area contributed by atoms with Crippen molar-refractivity contribution < 1.29 is 18.7 Å². The molecule has 27 heavy (non-hydrogen) atoms. The third-order valence-electron chi connectivity index (χ3n) is 3.85. The SMILES string of the molecule is Cc1cccc(OCC(=O)NNC(=O)c2c(C)oc3ncn(C)c(=O)c23)c1. The maximum atomic E-state index is 12.4. The number of hydrogen-bond acceptors (Lipinski definition) is 6. The Kier molecular flexibility index (Phi) is 4.93. The van der Waals surface area contributed by atoms with Crippen LogP contribution in [0, 0.1) is 13.8 Å². The van der Waals surface area contributed by atoms with E-state index in [1.165, 1.54) is 17.9 Å². The second kappa shape index (κ2) is 7.32. The number of aromatic nitrogens is 2. The lowest BCUT2D eigenvalue weighted by atomic mass is 10.2. The van der Waals surface area contributed by atoms with Crippen LogP contribution in [-0.4, -0.2) is 28.0 Å². The molecule has 1 aromatic carbocycles. The molecule has 9 nitrogen and oxygen atoms in total. The maximum Gasteiger partial charge on any atom is 0.276 e. The Hall–Kier alpha value is -3.62. The van der Waals surface area contributed by atoms with Crippen molar-refractivity contribution in [3.05, 3.63) is 57.8 Å². The predicted octanol–water partition coefficient (Wildman–Crippen LogP) is 0.983. The van der Waals surface area contributed by atoms with Gasteiger partial charge in [0.25, 0.3) is 17.4 Å². The summed E-state index contributed by atoms with van der Waals surface area (Å²) in [6.45, 7) is 3.17. The van der Waals surface area contributed by atoms with Crippen LogP contribution < -0.4 is 21.1 Å². The second-order valence-corrected chi connectivity index (χ2v) is 5.98. The second-order valence-electron chi connectivity index (χ2n) is 5.98. The standard InChI is InChI=1S/C18H18N4O5/c1-10-5-4-6-12(7-10)26-8-13(23)20-21-16(24)14-11(2)27-17-15(14)18(25)22(3)9-19-17/h4-7,9H,8H2,1-3H3,(H,20,23)(H,21,24). The van der Waals surface area contributed by atoms with Crippen LogP contribution >= 0.6 is 0 Å². The maximum absolute atomic E-state index is 12.4. The highest BCUT2D eigenvalue weighted by Crippen LogP contribution is 2.20. The van der Waals surface area contributed by atoms with Crippen molar-refractivity contribution in [2.45, 2.75) is 13.8 Å². The topological polar surface area (TPSA) is 115 Å². The van der Waals surface area contributed by atoms with Gasteiger partial charge in [0.2, 0.25) is 5.71 Å². The van der Waals surface area contributed by atoms with Gasteiger partial charge in [-0.2, -0.15) is 0 Å². The van der Waals surface area contributed by atoms with Gasteiger partial charge in [-0.05, 0) is 31.5 Å². The van der Waals surface area contributed by atoms with Crippen LogP contribution in [-0.2, 0) is 11.8 Å². The zero-order valence-electron chi connectivity index (χ0n) is 15.0. The molecule has 2 aromatic heterocycles. The number of ether oxygens (including phenoxy) is 1. The summed E-state index contributed by atoms with van der Waals surface area (Å²) in [5, 5.41) is 0.0558. The smallest absolute Gasteiger partial charge is 0.276 e. The van der Waals surface area contributed by atoms with Gasteiger partial charge in [-0.25, -0.2) is 4.98 Å². The summed E-state index contributed by atoms with van der Waals surface area (Å²) in [6, 6.07) is 7.23. The van der Waals surface area contributed by atoms with Gasteiger partial charge < -0.3 is 13.7 Å². The average molecular weight is 370 g/mol. The van der Waals surface area contributed by atoms with E-state index in [0.717, 1.165) is 5.56 Å². The van der Waals surface area contributed by atoms with Gasteiger partial charge in [-0.15, -0.1) is 0 Å². The molecule has 0 aliphatic carbocycles. The molecular formula is C18H18N4O5. The fourth-order valence-corrected chi connectivity index (χ4v) is 2.54. The molecule has 3 rings (SSSR count). The molecule has 0 fully saturated rings. The molecular weight excluding hydrogens is 352 g/mol. The Morgan fingerprint density at radius 3 is 2.78 bits per heavy atom. The molecule has 2 heterocycles. The minimum absolute atomic E-state index is 0.0265. The normalized spacial score (nSPS) is 10.6. The van der Waals surface area contributed by atoms with Crippen LogP contribution in [0.15, 0.2) is 39.8 Å². The van der Waals surface area contributed by atoms with Crippen LogP contribution in [0.25, 0.3) is 11.1 Å². The Labute approximate surface area is 153 Å². The highest BCUT2D eigenvalue weighted by molar-refractivity contribution is 6.06. The Morgan fingerprint density at radius 2 is 2.04 bits per heavy atom. The first kappa shape index (κ1) is 18.2. The van der Waals surface area contributed by atoms with Crippen LogP contribution in [0.4, 0.5) is 0 Å². The third kappa shape index (κ3) is 3.81. The number of amides is 2. The zero-order chi connectivity index (χ0) is 19.6. The number of carbonyl (C=O) groups is 2. The van der Waals surface area contributed by atoms with E-state index in [9.17, 15) is 14.4 Å². The highest BCUT2D eigenvalue weighted by Gasteiger charge is 2.22.